The van der Waals surface area contributed by atoms with Crippen LogP contribution in [-0.2, 0) is 6.42 Å². The van der Waals surface area contributed by atoms with Gasteiger partial charge in [0.2, 0.25) is 0 Å². The molecule has 0 bridgehead atoms. The standard InChI is InChI=1S/C19H21F2N3S/c20-16-9-8-15(13-17(16)21)23-19(25)22-10-4-12-24-11-3-6-14-5-1-2-7-18(14)24/h1-2,5,7-9,13H,3-4,6,10-12H2,(H2,22,23,25). The molecule has 2 N–H and O–H groups in total. The van der Waals surface area contributed by atoms with E-state index >= 15 is 0 Å². The number of nitrogens with zero attached hydrogens (tertiary/aromatic N) is 1. The number of anilines is 2. The predicted molar refractivity (Wildman–Crippen MR) is 102 cm³/mol. The van der Waals surface area contributed by atoms with Crippen LogP contribution >= 0.6 is 12.2 Å². The fraction of sp³-hybridized carbons (Fsp3) is 0.316. The number of nitrogens with one attached hydrogen (secondary N) is 2. The molecule has 3 nitrogen and oxygen atoms in total. The molecule has 132 valence electrons. The third-order valence-electron chi connectivity index (χ3n) is 4.27. The van der Waals surface area contributed by atoms with Gasteiger partial charge in [0.25, 0.3) is 0 Å². The molecule has 6 heteroatoms. The molecule has 0 unspecified atom stereocenters. The van der Waals surface area contributed by atoms with Crippen molar-refractivity contribution in [3.8, 4) is 0 Å². The molecule has 0 atom stereocenters. The molecule has 0 aliphatic carbocycles. The van der Waals surface area contributed by atoms with Crippen molar-refractivity contribution in [1.29, 1.82) is 0 Å². The predicted octanol–water partition coefficient (Wildman–Crippen LogP) is 4.09. The molecule has 0 saturated carbocycles. The Morgan fingerprint density at radius 2 is 1.96 bits per heavy atom. The first-order chi connectivity index (χ1) is 12.1. The Labute approximate surface area is 152 Å². The van der Waals surface area contributed by atoms with Crippen LogP contribution < -0.4 is 15.5 Å². The highest BCUT2D eigenvalue weighted by Gasteiger charge is 2.15. The maximum atomic E-state index is 13.2. The summed E-state index contributed by atoms with van der Waals surface area (Å²) < 4.78 is 26.1. The Hall–Kier alpha value is -2.21. The van der Waals surface area contributed by atoms with Crippen LogP contribution in [0.2, 0.25) is 0 Å². The zero-order valence-corrected chi connectivity index (χ0v) is 14.7. The summed E-state index contributed by atoms with van der Waals surface area (Å²) in [7, 11) is 0. The van der Waals surface area contributed by atoms with Crippen molar-refractivity contribution in [3.05, 3.63) is 59.7 Å². The van der Waals surface area contributed by atoms with E-state index in [2.05, 4.69) is 39.8 Å². The van der Waals surface area contributed by atoms with E-state index < -0.39 is 11.6 Å². The maximum Gasteiger partial charge on any atom is 0.170 e. The fourth-order valence-corrected chi connectivity index (χ4v) is 3.28. The van der Waals surface area contributed by atoms with Gasteiger partial charge in [-0.05, 0) is 55.2 Å². The van der Waals surface area contributed by atoms with Crippen LogP contribution in [0.5, 0.6) is 0 Å². The van der Waals surface area contributed by atoms with E-state index in [0.717, 1.165) is 38.1 Å². The lowest BCUT2D eigenvalue weighted by atomic mass is 10.0. The average Bonchev–Trinajstić information content (AvgIpc) is 2.62. The van der Waals surface area contributed by atoms with Gasteiger partial charge in [0.1, 0.15) is 0 Å². The van der Waals surface area contributed by atoms with Crippen LogP contribution in [0.1, 0.15) is 18.4 Å². The van der Waals surface area contributed by atoms with Crippen molar-refractivity contribution in [3.63, 3.8) is 0 Å². The Bertz CT molecular complexity index is 751. The van der Waals surface area contributed by atoms with E-state index in [1.807, 2.05) is 0 Å². The number of aryl methyl sites for hydroxylation is 1. The molecular weight excluding hydrogens is 340 g/mol. The maximum absolute atomic E-state index is 13.2. The first-order valence-electron chi connectivity index (χ1n) is 8.46. The number of halogens is 2. The van der Waals surface area contributed by atoms with Crippen LogP contribution in [0.25, 0.3) is 0 Å². The summed E-state index contributed by atoms with van der Waals surface area (Å²) in [6.07, 6.45) is 3.27. The van der Waals surface area contributed by atoms with Gasteiger partial charge in [0, 0.05) is 37.1 Å². The number of fused-ring (bicyclic) bond motifs is 1. The quantitative estimate of drug-likeness (QED) is 0.619. The summed E-state index contributed by atoms with van der Waals surface area (Å²) in [6, 6.07) is 12.2. The summed E-state index contributed by atoms with van der Waals surface area (Å²) >= 11 is 5.19. The third-order valence-corrected chi connectivity index (χ3v) is 4.52. The Kier molecular flexibility index (Phi) is 5.81. The van der Waals surface area contributed by atoms with Crippen LogP contribution in [-0.4, -0.2) is 24.7 Å². The van der Waals surface area contributed by atoms with Gasteiger partial charge in [0.05, 0.1) is 0 Å². The minimum absolute atomic E-state index is 0.407. The molecule has 3 rings (SSSR count). The van der Waals surface area contributed by atoms with Crippen molar-refractivity contribution in [2.75, 3.05) is 29.9 Å². The van der Waals surface area contributed by atoms with E-state index in [1.165, 1.54) is 23.7 Å². The second-order valence-electron chi connectivity index (χ2n) is 6.08. The van der Waals surface area contributed by atoms with Gasteiger partial charge in [0.15, 0.2) is 16.7 Å². The Morgan fingerprint density at radius 1 is 1.12 bits per heavy atom. The molecule has 0 spiro atoms. The summed E-state index contributed by atoms with van der Waals surface area (Å²) in [5, 5.41) is 6.38. The number of rotatable bonds is 5. The minimum atomic E-state index is -0.892. The van der Waals surface area contributed by atoms with Gasteiger partial charge in [-0.25, -0.2) is 8.78 Å². The van der Waals surface area contributed by atoms with Crippen LogP contribution in [0.15, 0.2) is 42.5 Å². The van der Waals surface area contributed by atoms with Gasteiger partial charge >= 0.3 is 0 Å². The molecule has 25 heavy (non-hydrogen) atoms. The largest absolute Gasteiger partial charge is 0.371 e. The molecule has 1 heterocycles. The molecule has 2 aromatic rings. The first-order valence-corrected chi connectivity index (χ1v) is 8.87. The summed E-state index contributed by atoms with van der Waals surface area (Å²) in [4.78, 5) is 2.41. The molecule has 1 aliphatic rings. The highest BCUT2D eigenvalue weighted by atomic mass is 32.1. The lowest BCUT2D eigenvalue weighted by molar-refractivity contribution is 0.509. The van der Waals surface area contributed by atoms with E-state index in [-0.39, 0.29) is 0 Å². The molecule has 0 saturated heterocycles. The zero-order chi connectivity index (χ0) is 17.6. The van der Waals surface area contributed by atoms with Gasteiger partial charge in [-0.15, -0.1) is 0 Å². The fourth-order valence-electron chi connectivity index (χ4n) is 3.06. The molecule has 1 aliphatic heterocycles. The molecular formula is C19H21F2N3S. The van der Waals surface area contributed by atoms with Crippen molar-refractivity contribution >= 4 is 28.7 Å². The molecule has 0 aromatic heterocycles. The minimum Gasteiger partial charge on any atom is -0.371 e. The molecule has 2 aromatic carbocycles. The van der Waals surface area contributed by atoms with Gasteiger partial charge in [-0.1, -0.05) is 18.2 Å². The number of hydrogen-bond donors (Lipinski definition) is 2. The molecule has 0 amide bonds. The van der Waals surface area contributed by atoms with Gasteiger partial charge in [-0.3, -0.25) is 0 Å². The van der Waals surface area contributed by atoms with Crippen molar-refractivity contribution in [1.82, 2.24) is 5.32 Å². The molecule has 0 radical (unpaired) electrons. The lowest BCUT2D eigenvalue weighted by Gasteiger charge is -2.31. The number of para-hydroxylation sites is 1. The Morgan fingerprint density at radius 3 is 2.80 bits per heavy atom. The second-order valence-corrected chi connectivity index (χ2v) is 6.49. The summed E-state index contributed by atoms with van der Waals surface area (Å²) in [5.74, 6) is -1.76. The summed E-state index contributed by atoms with van der Waals surface area (Å²) in [6.45, 7) is 2.75. The first kappa shape index (κ1) is 17.6. The number of benzene rings is 2. The van der Waals surface area contributed by atoms with Crippen molar-refractivity contribution < 1.29 is 8.78 Å². The molecule has 0 fully saturated rings. The highest BCUT2D eigenvalue weighted by molar-refractivity contribution is 7.80. The lowest BCUT2D eigenvalue weighted by Crippen LogP contribution is -2.34. The number of hydrogen-bond acceptors (Lipinski definition) is 2. The zero-order valence-electron chi connectivity index (χ0n) is 13.9. The monoisotopic (exact) mass is 361 g/mol. The summed E-state index contributed by atoms with van der Waals surface area (Å²) in [5.41, 5.74) is 3.18. The smallest absolute Gasteiger partial charge is 0.170 e. The highest BCUT2D eigenvalue weighted by Crippen LogP contribution is 2.26. The van der Waals surface area contributed by atoms with E-state index in [4.69, 9.17) is 12.2 Å². The van der Waals surface area contributed by atoms with Crippen LogP contribution in [0.3, 0.4) is 0 Å². The van der Waals surface area contributed by atoms with Gasteiger partial charge in [-0.2, -0.15) is 0 Å². The normalized spacial score (nSPS) is 13.3. The van der Waals surface area contributed by atoms with Crippen molar-refractivity contribution in [2.45, 2.75) is 19.3 Å². The van der Waals surface area contributed by atoms with Crippen LogP contribution in [0, 0.1) is 11.6 Å². The van der Waals surface area contributed by atoms with Gasteiger partial charge < -0.3 is 15.5 Å². The van der Waals surface area contributed by atoms with Crippen LogP contribution in [0.4, 0.5) is 20.2 Å². The van der Waals surface area contributed by atoms with E-state index in [0.29, 0.717) is 17.3 Å². The average molecular weight is 361 g/mol. The van der Waals surface area contributed by atoms with Crippen molar-refractivity contribution in [2.24, 2.45) is 0 Å². The third kappa shape index (κ3) is 4.66. The Balaban J connectivity index is 1.43. The number of thiocarbonyl (C=S) groups is 1. The van der Waals surface area contributed by atoms with E-state index in [9.17, 15) is 8.78 Å². The topological polar surface area (TPSA) is 27.3 Å². The second kappa shape index (κ2) is 8.25. The van der Waals surface area contributed by atoms with E-state index in [1.54, 1.807) is 0 Å². The SMILES string of the molecule is Fc1ccc(NC(=S)NCCCN2CCCc3ccccc32)cc1F.